The van der Waals surface area contributed by atoms with Gasteiger partial charge in [-0.25, -0.2) is 0 Å². The van der Waals surface area contributed by atoms with E-state index in [-0.39, 0.29) is 11.9 Å². The fraction of sp³-hybridized carbons (Fsp3) is 0.360. The summed E-state index contributed by atoms with van der Waals surface area (Å²) in [5.41, 5.74) is 1.89. The molecule has 34 heavy (non-hydrogen) atoms. The Morgan fingerprint density at radius 2 is 2.00 bits per heavy atom. The number of amides is 1. The zero-order valence-corrected chi connectivity index (χ0v) is 20.8. The third-order valence-corrected chi connectivity index (χ3v) is 7.66. The second-order valence-electron chi connectivity index (χ2n) is 8.49. The summed E-state index contributed by atoms with van der Waals surface area (Å²) < 4.78 is 13.4. The Kier molecular flexibility index (Phi) is 6.74. The molecule has 1 saturated heterocycles. The standard InChI is InChI=1S/C25H27ClN4O3S/c1-16-7-8-22(33-16)21(29-9-11-32-12-10-29)14-27-24(31)23-13-19-17(2)28-30(25(19)34-23)15-18-5-3-4-6-20(18)26/h3-8,13,21H,9-12,14-15H2,1-2H3,(H,27,31)/t21-/m0/s1. The van der Waals surface area contributed by atoms with Crippen LogP contribution in [-0.2, 0) is 11.3 Å². The molecular formula is C25H27ClN4O3S. The smallest absolute Gasteiger partial charge is 0.261 e. The first-order chi connectivity index (χ1) is 16.5. The van der Waals surface area contributed by atoms with Crippen molar-refractivity contribution in [3.05, 3.63) is 75.1 Å². The molecule has 0 bridgehead atoms. The Bertz CT molecular complexity index is 1300. The van der Waals surface area contributed by atoms with Crippen molar-refractivity contribution in [2.75, 3.05) is 32.8 Å². The van der Waals surface area contributed by atoms with E-state index < -0.39 is 0 Å². The third-order valence-electron chi connectivity index (χ3n) is 6.14. The number of carbonyl (C=O) groups is 1. The number of rotatable bonds is 7. The van der Waals surface area contributed by atoms with Crippen LogP contribution in [0.1, 0.15) is 38.5 Å². The van der Waals surface area contributed by atoms with E-state index in [2.05, 4.69) is 15.3 Å². The molecule has 0 spiro atoms. The second-order valence-corrected chi connectivity index (χ2v) is 9.92. The van der Waals surface area contributed by atoms with E-state index in [1.165, 1.54) is 11.3 Å². The maximum atomic E-state index is 13.1. The van der Waals surface area contributed by atoms with E-state index in [4.69, 9.17) is 20.8 Å². The number of benzene rings is 1. The number of fused-ring (bicyclic) bond motifs is 1. The lowest BCUT2D eigenvalue weighted by atomic mass is 10.1. The Labute approximate surface area is 207 Å². The highest BCUT2D eigenvalue weighted by Gasteiger charge is 2.26. The van der Waals surface area contributed by atoms with Gasteiger partial charge in [0.25, 0.3) is 5.91 Å². The molecule has 7 nitrogen and oxygen atoms in total. The number of nitrogens with zero attached hydrogens (tertiary/aromatic N) is 3. The van der Waals surface area contributed by atoms with Crippen LogP contribution in [0.25, 0.3) is 10.2 Å². The van der Waals surface area contributed by atoms with E-state index in [1.54, 1.807) is 0 Å². The van der Waals surface area contributed by atoms with Crippen molar-refractivity contribution in [2.45, 2.75) is 26.4 Å². The average molecular weight is 499 g/mol. The van der Waals surface area contributed by atoms with Crippen molar-refractivity contribution in [3.8, 4) is 0 Å². The van der Waals surface area contributed by atoms with Gasteiger partial charge in [0.2, 0.25) is 0 Å². The molecule has 3 aromatic heterocycles. The van der Waals surface area contributed by atoms with E-state index in [9.17, 15) is 4.79 Å². The van der Waals surface area contributed by atoms with Crippen LogP contribution in [0.3, 0.4) is 0 Å². The largest absolute Gasteiger partial charge is 0.465 e. The average Bonchev–Trinajstić information content (AvgIpc) is 3.54. The summed E-state index contributed by atoms with van der Waals surface area (Å²) >= 11 is 7.81. The van der Waals surface area contributed by atoms with Crippen LogP contribution >= 0.6 is 22.9 Å². The molecule has 1 fully saturated rings. The predicted molar refractivity (Wildman–Crippen MR) is 134 cm³/mol. The lowest BCUT2D eigenvalue weighted by Gasteiger charge is -2.33. The molecule has 0 aliphatic carbocycles. The minimum atomic E-state index is -0.0913. The fourth-order valence-electron chi connectivity index (χ4n) is 4.33. The van der Waals surface area contributed by atoms with Crippen LogP contribution in [0.15, 0.2) is 46.9 Å². The van der Waals surface area contributed by atoms with Gasteiger partial charge in [-0.05, 0) is 43.7 Å². The third kappa shape index (κ3) is 4.77. The first-order valence-electron chi connectivity index (χ1n) is 11.4. The summed E-state index contributed by atoms with van der Waals surface area (Å²) in [6.45, 7) is 7.90. The quantitative estimate of drug-likeness (QED) is 0.396. The minimum absolute atomic E-state index is 0.0339. The van der Waals surface area contributed by atoms with Gasteiger partial charge in [0.05, 0.1) is 36.4 Å². The summed E-state index contributed by atoms with van der Waals surface area (Å²) in [5, 5.41) is 9.50. The maximum absolute atomic E-state index is 13.1. The number of furan rings is 1. The van der Waals surface area contributed by atoms with E-state index in [0.717, 1.165) is 46.1 Å². The molecule has 1 aliphatic rings. The first-order valence-corrected chi connectivity index (χ1v) is 12.6. The van der Waals surface area contributed by atoms with Crippen LogP contribution in [0.4, 0.5) is 0 Å². The van der Waals surface area contributed by atoms with Gasteiger partial charge >= 0.3 is 0 Å². The molecule has 0 saturated carbocycles. The van der Waals surface area contributed by atoms with E-state index in [1.807, 2.05) is 61.0 Å². The zero-order valence-electron chi connectivity index (χ0n) is 19.2. The molecule has 0 radical (unpaired) electrons. The van der Waals surface area contributed by atoms with E-state index >= 15 is 0 Å². The monoisotopic (exact) mass is 498 g/mol. The highest BCUT2D eigenvalue weighted by molar-refractivity contribution is 7.20. The van der Waals surface area contributed by atoms with Crippen LogP contribution in [0.5, 0.6) is 0 Å². The molecule has 1 aromatic carbocycles. The molecule has 1 aliphatic heterocycles. The summed E-state index contributed by atoms with van der Waals surface area (Å²) in [6, 6.07) is 13.6. The highest BCUT2D eigenvalue weighted by Crippen LogP contribution is 2.30. The van der Waals surface area contributed by atoms with Gasteiger partial charge in [0.1, 0.15) is 16.4 Å². The van der Waals surface area contributed by atoms with Crippen molar-refractivity contribution < 1.29 is 13.9 Å². The van der Waals surface area contributed by atoms with Gasteiger partial charge in [0.15, 0.2) is 0 Å². The van der Waals surface area contributed by atoms with Crippen molar-refractivity contribution in [1.29, 1.82) is 0 Å². The molecule has 1 N–H and O–H groups in total. The number of aryl methyl sites for hydroxylation is 2. The second kappa shape index (κ2) is 9.92. The molecule has 5 rings (SSSR count). The Balaban J connectivity index is 1.34. The zero-order chi connectivity index (χ0) is 23.7. The number of aromatic nitrogens is 2. The number of nitrogens with one attached hydrogen (secondary N) is 1. The topological polar surface area (TPSA) is 72.5 Å². The SMILES string of the molecule is Cc1ccc([C@H](CNC(=O)c2cc3c(C)nn(Cc4ccccc4Cl)c3s2)N2CCOCC2)o1. The molecule has 9 heteroatoms. The van der Waals surface area contributed by atoms with Gasteiger partial charge < -0.3 is 14.5 Å². The first kappa shape index (κ1) is 23.1. The van der Waals surface area contributed by atoms with Crippen LogP contribution < -0.4 is 5.32 Å². The molecular weight excluding hydrogens is 472 g/mol. The number of ether oxygens (including phenoxy) is 1. The van der Waals surface area contributed by atoms with Gasteiger partial charge in [-0.3, -0.25) is 14.4 Å². The number of thiophene rings is 1. The number of carbonyl (C=O) groups excluding carboxylic acids is 1. The fourth-order valence-corrected chi connectivity index (χ4v) is 5.60. The highest BCUT2D eigenvalue weighted by atomic mass is 35.5. The summed E-state index contributed by atoms with van der Waals surface area (Å²) in [4.78, 5) is 17.1. The number of hydrogen-bond acceptors (Lipinski definition) is 6. The Morgan fingerprint density at radius 3 is 2.74 bits per heavy atom. The molecule has 4 heterocycles. The van der Waals surface area contributed by atoms with Crippen molar-refractivity contribution in [3.63, 3.8) is 0 Å². The molecule has 0 unspecified atom stereocenters. The van der Waals surface area contributed by atoms with Crippen molar-refractivity contribution >= 4 is 39.1 Å². The Hall–Kier alpha value is -2.65. The lowest BCUT2D eigenvalue weighted by Crippen LogP contribution is -2.43. The van der Waals surface area contributed by atoms with Crippen molar-refractivity contribution in [1.82, 2.24) is 20.0 Å². The Morgan fingerprint density at radius 1 is 1.21 bits per heavy atom. The normalized spacial score (nSPS) is 15.6. The van der Waals surface area contributed by atoms with E-state index in [0.29, 0.717) is 36.2 Å². The van der Waals surface area contributed by atoms with Gasteiger partial charge in [-0.2, -0.15) is 5.10 Å². The van der Waals surface area contributed by atoms with Gasteiger partial charge in [-0.15, -0.1) is 11.3 Å². The number of morpholine rings is 1. The molecule has 4 aromatic rings. The summed E-state index contributed by atoms with van der Waals surface area (Å²) in [6.07, 6.45) is 0. The summed E-state index contributed by atoms with van der Waals surface area (Å²) in [5.74, 6) is 1.64. The number of hydrogen-bond donors (Lipinski definition) is 1. The van der Waals surface area contributed by atoms with Crippen LogP contribution in [-0.4, -0.2) is 53.4 Å². The minimum Gasteiger partial charge on any atom is -0.465 e. The maximum Gasteiger partial charge on any atom is 0.261 e. The summed E-state index contributed by atoms with van der Waals surface area (Å²) in [7, 11) is 0. The lowest BCUT2D eigenvalue weighted by molar-refractivity contribution is 0.0117. The number of halogens is 1. The molecule has 178 valence electrons. The molecule has 1 amide bonds. The predicted octanol–water partition coefficient (Wildman–Crippen LogP) is 4.81. The van der Waals surface area contributed by atoms with Crippen LogP contribution in [0.2, 0.25) is 5.02 Å². The molecule has 1 atom stereocenters. The van der Waals surface area contributed by atoms with Crippen molar-refractivity contribution in [2.24, 2.45) is 0 Å². The van der Waals surface area contributed by atoms with Gasteiger partial charge in [-0.1, -0.05) is 29.8 Å². The van der Waals surface area contributed by atoms with Gasteiger partial charge in [0, 0.05) is 30.0 Å². The van der Waals surface area contributed by atoms with Crippen LogP contribution in [0, 0.1) is 13.8 Å².